The normalized spacial score (nSPS) is 13.4. The van der Waals surface area contributed by atoms with Gasteiger partial charge in [-0.3, -0.25) is 4.79 Å². The number of carbonyl (C=O) groups is 1. The summed E-state index contributed by atoms with van der Waals surface area (Å²) in [5, 5.41) is 0. The predicted octanol–water partition coefficient (Wildman–Crippen LogP) is 0.938. The van der Waals surface area contributed by atoms with E-state index in [9.17, 15) is 4.79 Å². The summed E-state index contributed by atoms with van der Waals surface area (Å²) >= 11 is 0. The smallest absolute Gasteiger partial charge is 0.323 e. The molecule has 0 unspecified atom stereocenters. The molecular formula is C10H21NO3. The average molecular weight is 203 g/mol. The molecule has 0 aromatic rings. The van der Waals surface area contributed by atoms with Gasteiger partial charge in [0.25, 0.3) is 0 Å². The first kappa shape index (κ1) is 13.4. The molecule has 2 N–H and O–H groups in total. The number of nitrogens with two attached hydrogens (primary N) is 1. The number of hydrogen-bond donors (Lipinski definition) is 1. The van der Waals surface area contributed by atoms with Gasteiger partial charge in [-0.05, 0) is 19.8 Å². The molecule has 0 aromatic heterocycles. The summed E-state index contributed by atoms with van der Waals surface area (Å²) in [5.41, 5.74) is 5.59. The maximum Gasteiger partial charge on any atom is 0.323 e. The minimum Gasteiger partial charge on any atom is -0.462 e. The van der Waals surface area contributed by atoms with E-state index < -0.39 is 6.04 Å². The van der Waals surface area contributed by atoms with Gasteiger partial charge >= 0.3 is 5.97 Å². The first-order chi connectivity index (χ1) is 6.45. The molecule has 0 heterocycles. The van der Waals surface area contributed by atoms with E-state index in [0.29, 0.717) is 6.61 Å². The van der Waals surface area contributed by atoms with Crippen molar-refractivity contribution in [3.05, 3.63) is 0 Å². The molecule has 4 nitrogen and oxygen atoms in total. The fourth-order valence-electron chi connectivity index (χ4n) is 0.794. The highest BCUT2D eigenvalue weighted by atomic mass is 16.6. The number of rotatable bonds is 6. The standard InChI is InChI=1S/C10H21NO3/c1-7(2)9(11)10(12)14-6-5-13-8(3)4/h7-9H,5-6,11H2,1-4H3/t9-/m0/s1. The van der Waals surface area contributed by atoms with Crippen LogP contribution in [0.3, 0.4) is 0 Å². The number of carbonyl (C=O) groups excluding carboxylic acids is 1. The first-order valence-electron chi connectivity index (χ1n) is 4.99. The van der Waals surface area contributed by atoms with Crippen molar-refractivity contribution >= 4 is 5.97 Å². The first-order valence-corrected chi connectivity index (χ1v) is 4.99. The summed E-state index contributed by atoms with van der Waals surface area (Å²) in [5.74, 6) is -0.249. The molecule has 84 valence electrons. The summed E-state index contributed by atoms with van der Waals surface area (Å²) in [4.78, 5) is 11.2. The molecule has 0 spiro atoms. The van der Waals surface area contributed by atoms with Crippen molar-refractivity contribution in [3.63, 3.8) is 0 Å². The van der Waals surface area contributed by atoms with Crippen molar-refractivity contribution in [2.75, 3.05) is 13.2 Å². The zero-order chi connectivity index (χ0) is 11.1. The fraction of sp³-hybridized carbons (Fsp3) is 0.900. The second kappa shape index (κ2) is 6.79. The highest BCUT2D eigenvalue weighted by Crippen LogP contribution is 2.00. The van der Waals surface area contributed by atoms with Gasteiger partial charge < -0.3 is 15.2 Å². The topological polar surface area (TPSA) is 61.5 Å². The average Bonchev–Trinajstić information content (AvgIpc) is 2.10. The minimum atomic E-state index is -0.533. The molecule has 0 aliphatic heterocycles. The minimum absolute atomic E-state index is 0.105. The van der Waals surface area contributed by atoms with Crippen LogP contribution in [0.4, 0.5) is 0 Å². The van der Waals surface area contributed by atoms with Crippen LogP contribution in [-0.2, 0) is 14.3 Å². The SMILES string of the molecule is CC(C)OCCOC(=O)[C@@H](N)C(C)C. The maximum atomic E-state index is 11.2. The van der Waals surface area contributed by atoms with Crippen LogP contribution in [0.25, 0.3) is 0 Å². The lowest BCUT2D eigenvalue weighted by molar-refractivity contribution is -0.148. The van der Waals surface area contributed by atoms with E-state index in [4.69, 9.17) is 15.2 Å². The third kappa shape index (κ3) is 5.94. The molecule has 1 atom stereocenters. The third-order valence-corrected chi connectivity index (χ3v) is 1.77. The summed E-state index contributed by atoms with van der Waals surface area (Å²) in [6.45, 7) is 8.34. The Labute approximate surface area is 85.8 Å². The van der Waals surface area contributed by atoms with Gasteiger partial charge in [-0.2, -0.15) is 0 Å². The second-order valence-corrected chi connectivity index (χ2v) is 3.86. The van der Waals surface area contributed by atoms with Crippen LogP contribution in [0.15, 0.2) is 0 Å². The van der Waals surface area contributed by atoms with E-state index in [-0.39, 0.29) is 24.6 Å². The highest BCUT2D eigenvalue weighted by molar-refractivity contribution is 5.75. The van der Waals surface area contributed by atoms with Crippen LogP contribution in [0.2, 0.25) is 0 Å². The Morgan fingerprint density at radius 2 is 1.79 bits per heavy atom. The monoisotopic (exact) mass is 203 g/mol. The van der Waals surface area contributed by atoms with Gasteiger partial charge in [0.05, 0.1) is 12.7 Å². The van der Waals surface area contributed by atoms with Crippen LogP contribution >= 0.6 is 0 Å². The van der Waals surface area contributed by atoms with Crippen molar-refractivity contribution in [2.24, 2.45) is 11.7 Å². The van der Waals surface area contributed by atoms with Crippen molar-refractivity contribution < 1.29 is 14.3 Å². The lowest BCUT2D eigenvalue weighted by Crippen LogP contribution is -2.37. The Morgan fingerprint density at radius 1 is 1.21 bits per heavy atom. The van der Waals surface area contributed by atoms with Gasteiger partial charge in [0.15, 0.2) is 0 Å². The van der Waals surface area contributed by atoms with E-state index in [1.54, 1.807) is 0 Å². The quantitative estimate of drug-likeness (QED) is 0.515. The number of ether oxygens (including phenoxy) is 2. The number of hydrogen-bond acceptors (Lipinski definition) is 4. The summed E-state index contributed by atoms with van der Waals surface area (Å²) in [7, 11) is 0. The summed E-state index contributed by atoms with van der Waals surface area (Å²) < 4.78 is 10.1. The van der Waals surface area contributed by atoms with E-state index >= 15 is 0 Å². The maximum absolute atomic E-state index is 11.2. The Balaban J connectivity index is 3.54. The molecule has 0 fully saturated rings. The third-order valence-electron chi connectivity index (χ3n) is 1.77. The highest BCUT2D eigenvalue weighted by Gasteiger charge is 2.18. The molecule has 0 aromatic carbocycles. The second-order valence-electron chi connectivity index (χ2n) is 3.86. The van der Waals surface area contributed by atoms with Gasteiger partial charge in [-0.25, -0.2) is 0 Å². The Hall–Kier alpha value is -0.610. The molecule has 0 saturated carbocycles. The van der Waals surface area contributed by atoms with Crippen LogP contribution in [0.5, 0.6) is 0 Å². The van der Waals surface area contributed by atoms with Gasteiger partial charge in [0.1, 0.15) is 12.6 Å². The van der Waals surface area contributed by atoms with Crippen molar-refractivity contribution in [1.82, 2.24) is 0 Å². The molecule has 0 saturated heterocycles. The molecule has 4 heteroatoms. The predicted molar refractivity (Wildman–Crippen MR) is 54.9 cm³/mol. The Morgan fingerprint density at radius 3 is 2.21 bits per heavy atom. The van der Waals surface area contributed by atoms with Crippen molar-refractivity contribution in [2.45, 2.75) is 39.8 Å². The van der Waals surface area contributed by atoms with Crippen LogP contribution in [0.1, 0.15) is 27.7 Å². The molecule has 0 aliphatic carbocycles. The van der Waals surface area contributed by atoms with Crippen molar-refractivity contribution in [3.8, 4) is 0 Å². The van der Waals surface area contributed by atoms with Gasteiger partial charge in [0.2, 0.25) is 0 Å². The molecule has 0 amide bonds. The van der Waals surface area contributed by atoms with E-state index in [1.807, 2.05) is 27.7 Å². The fourth-order valence-corrected chi connectivity index (χ4v) is 0.794. The lowest BCUT2D eigenvalue weighted by atomic mass is 10.1. The molecule has 0 bridgehead atoms. The van der Waals surface area contributed by atoms with Crippen LogP contribution < -0.4 is 5.73 Å². The Bertz CT molecular complexity index is 169. The van der Waals surface area contributed by atoms with Gasteiger partial charge in [-0.15, -0.1) is 0 Å². The molecule has 14 heavy (non-hydrogen) atoms. The zero-order valence-electron chi connectivity index (χ0n) is 9.45. The molecule has 0 radical (unpaired) electrons. The van der Waals surface area contributed by atoms with Crippen LogP contribution in [-0.4, -0.2) is 31.3 Å². The van der Waals surface area contributed by atoms with Crippen LogP contribution in [0, 0.1) is 5.92 Å². The number of esters is 1. The van der Waals surface area contributed by atoms with E-state index in [2.05, 4.69) is 0 Å². The van der Waals surface area contributed by atoms with Crippen molar-refractivity contribution in [1.29, 1.82) is 0 Å². The van der Waals surface area contributed by atoms with E-state index in [1.165, 1.54) is 0 Å². The summed E-state index contributed by atoms with van der Waals surface area (Å²) in [6, 6.07) is -0.533. The lowest BCUT2D eigenvalue weighted by Gasteiger charge is -2.14. The van der Waals surface area contributed by atoms with Gasteiger partial charge in [-0.1, -0.05) is 13.8 Å². The van der Waals surface area contributed by atoms with E-state index in [0.717, 1.165) is 0 Å². The Kier molecular flexibility index (Phi) is 6.49. The van der Waals surface area contributed by atoms with Gasteiger partial charge in [0, 0.05) is 0 Å². The zero-order valence-corrected chi connectivity index (χ0v) is 9.45. The molecular weight excluding hydrogens is 182 g/mol. The molecule has 0 aliphatic rings. The largest absolute Gasteiger partial charge is 0.462 e. The molecule has 0 rings (SSSR count). The summed E-state index contributed by atoms with van der Waals surface area (Å²) in [6.07, 6.45) is 0.160.